The van der Waals surface area contributed by atoms with E-state index in [0.29, 0.717) is 6.54 Å². The second-order valence-corrected chi connectivity index (χ2v) is 4.33. The van der Waals surface area contributed by atoms with E-state index >= 15 is 0 Å². The van der Waals surface area contributed by atoms with Crippen molar-refractivity contribution in [1.29, 1.82) is 0 Å². The Hall–Kier alpha value is -2.33. The van der Waals surface area contributed by atoms with Crippen molar-refractivity contribution in [2.45, 2.75) is 13.3 Å². The van der Waals surface area contributed by atoms with Crippen molar-refractivity contribution < 1.29 is 9.85 Å². The van der Waals surface area contributed by atoms with Gasteiger partial charge in [-0.2, -0.15) is 0 Å². The van der Waals surface area contributed by atoms with Gasteiger partial charge in [-0.05, 0) is 24.0 Å². The van der Waals surface area contributed by atoms with Crippen LogP contribution >= 0.6 is 0 Å². The molecular formula is C10H18N6O4. The minimum atomic E-state index is -0.718. The maximum absolute atomic E-state index is 11.1. The number of nitrogens with two attached hydrogens (primary N) is 1. The molecule has 0 atom stereocenters. The van der Waals surface area contributed by atoms with Crippen molar-refractivity contribution in [1.82, 2.24) is 16.0 Å². The van der Waals surface area contributed by atoms with Crippen LogP contribution in [0.3, 0.4) is 0 Å². The van der Waals surface area contributed by atoms with Crippen LogP contribution < -0.4 is 11.9 Å². The Bertz CT molecular complexity index is 531. The molecule has 1 heterocycles. The fourth-order valence-corrected chi connectivity index (χ4v) is 1.65. The van der Waals surface area contributed by atoms with E-state index in [4.69, 9.17) is 5.73 Å². The highest BCUT2D eigenvalue weighted by Gasteiger charge is 2.32. The third-order valence-corrected chi connectivity index (χ3v) is 2.64. The summed E-state index contributed by atoms with van der Waals surface area (Å²) in [5, 5.41) is 22.0. The van der Waals surface area contributed by atoms with E-state index in [1.54, 1.807) is 19.0 Å². The molecule has 0 saturated carbocycles. The Labute approximate surface area is 115 Å². The summed E-state index contributed by atoms with van der Waals surface area (Å²) in [7, 11) is 3.53. The molecule has 1 aromatic rings. The highest BCUT2D eigenvalue weighted by atomic mass is 16.6. The van der Waals surface area contributed by atoms with Gasteiger partial charge in [0, 0.05) is 19.9 Å². The van der Waals surface area contributed by atoms with Gasteiger partial charge in [0.2, 0.25) is 0 Å². The molecule has 0 saturated heterocycles. The van der Waals surface area contributed by atoms with Crippen molar-refractivity contribution >= 4 is 17.2 Å². The average molecular weight is 286 g/mol. The van der Waals surface area contributed by atoms with E-state index in [1.165, 1.54) is 6.92 Å². The van der Waals surface area contributed by atoms with Gasteiger partial charge in [-0.1, -0.05) is 0 Å². The number of nitrogen functional groups attached to an aromatic ring is 1. The fraction of sp³-hybridized carbons (Fsp3) is 0.500. The van der Waals surface area contributed by atoms with E-state index in [1.807, 2.05) is 0 Å². The fourth-order valence-electron chi connectivity index (χ4n) is 1.65. The molecule has 10 nitrogen and oxygen atoms in total. The zero-order chi connectivity index (χ0) is 14.7. The number of rotatable bonds is 5. The summed E-state index contributed by atoms with van der Waals surface area (Å²) in [5.74, 6) is -0.500. The van der Waals surface area contributed by atoms with Gasteiger partial charge in [-0.15, -0.1) is 0 Å². The molecule has 0 unspecified atom stereocenters. The van der Waals surface area contributed by atoms with E-state index in [0.717, 1.165) is 0 Å². The van der Waals surface area contributed by atoms with Crippen LogP contribution in [0.15, 0.2) is 0 Å². The predicted octanol–water partition coefficient (Wildman–Crippen LogP) is 1.05. The normalized spacial score (nSPS) is 10.2. The summed E-state index contributed by atoms with van der Waals surface area (Å²) < 4.78 is 0. The Morgan fingerprint density at radius 1 is 1.25 bits per heavy atom. The molecule has 112 valence electrons. The third kappa shape index (κ3) is 3.59. The largest absolute Gasteiger partial charge is 0.390 e. The topological polar surface area (TPSA) is 163 Å². The standard InChI is InChI=1S/C10H15N5O4.H3N/c1-6-8(11)9(14(16)17)7(4-5-13(2)3)10(12-6)15(18)19;/h4-5,11H2,1-3H3;1H3. The quantitative estimate of drug-likeness (QED) is 0.598. The molecule has 0 aliphatic heterocycles. The zero-order valence-corrected chi connectivity index (χ0v) is 11.6. The summed E-state index contributed by atoms with van der Waals surface area (Å²) in [5.41, 5.74) is 5.14. The summed E-state index contributed by atoms with van der Waals surface area (Å²) in [6.45, 7) is 1.83. The number of nitro groups is 2. The Morgan fingerprint density at radius 2 is 1.80 bits per heavy atom. The number of aryl methyl sites for hydroxylation is 1. The van der Waals surface area contributed by atoms with Crippen LogP contribution in [0.5, 0.6) is 0 Å². The lowest BCUT2D eigenvalue weighted by atomic mass is 10.1. The minimum absolute atomic E-state index is 0. The lowest BCUT2D eigenvalue weighted by Gasteiger charge is -2.10. The molecule has 10 heteroatoms. The average Bonchev–Trinajstić information content (AvgIpc) is 2.28. The molecule has 1 rings (SSSR count). The van der Waals surface area contributed by atoms with Gasteiger partial charge in [0.1, 0.15) is 5.56 Å². The molecule has 0 fully saturated rings. The first-order valence-electron chi connectivity index (χ1n) is 5.48. The maximum atomic E-state index is 11.1. The number of hydrogen-bond donors (Lipinski definition) is 2. The first-order chi connectivity index (χ1) is 8.75. The molecule has 0 aromatic carbocycles. The number of nitrogens with zero attached hydrogens (tertiary/aromatic N) is 4. The summed E-state index contributed by atoms with van der Waals surface area (Å²) in [6, 6.07) is 0. The Morgan fingerprint density at radius 3 is 2.20 bits per heavy atom. The SMILES string of the molecule is Cc1nc([N+](=O)[O-])c(CCN(C)C)c([N+](=O)[O-])c1N.N. The zero-order valence-electron chi connectivity index (χ0n) is 11.6. The van der Waals surface area contributed by atoms with Gasteiger partial charge in [-0.3, -0.25) is 10.1 Å². The lowest BCUT2D eigenvalue weighted by Crippen LogP contribution is -2.18. The summed E-state index contributed by atoms with van der Waals surface area (Å²) in [6.07, 6.45) is 0.136. The third-order valence-electron chi connectivity index (χ3n) is 2.64. The number of aromatic nitrogens is 1. The molecule has 0 radical (unpaired) electrons. The Balaban J connectivity index is 0.00000361. The second-order valence-electron chi connectivity index (χ2n) is 4.33. The van der Waals surface area contributed by atoms with E-state index in [2.05, 4.69) is 4.98 Å². The van der Waals surface area contributed by atoms with Crippen molar-refractivity contribution in [3.63, 3.8) is 0 Å². The van der Waals surface area contributed by atoms with Crippen LogP contribution in [-0.2, 0) is 6.42 Å². The first kappa shape index (κ1) is 17.7. The molecule has 5 N–H and O–H groups in total. The lowest BCUT2D eigenvalue weighted by molar-refractivity contribution is -0.398. The number of pyridine rings is 1. The van der Waals surface area contributed by atoms with Crippen LogP contribution in [0.1, 0.15) is 11.3 Å². The molecule has 20 heavy (non-hydrogen) atoms. The minimum Gasteiger partial charge on any atom is -0.390 e. The molecule has 1 aromatic heterocycles. The highest BCUT2D eigenvalue weighted by molar-refractivity contribution is 5.68. The molecule has 0 spiro atoms. The Kier molecular flexibility index (Phi) is 5.94. The number of hydrogen-bond acceptors (Lipinski definition) is 8. The van der Waals surface area contributed by atoms with Crippen LogP contribution in [0.25, 0.3) is 0 Å². The van der Waals surface area contributed by atoms with Crippen molar-refractivity contribution in [2.75, 3.05) is 26.4 Å². The second kappa shape index (κ2) is 6.73. The van der Waals surface area contributed by atoms with Crippen LogP contribution in [-0.4, -0.2) is 40.4 Å². The number of likely N-dealkylation sites (N-methyl/N-ethyl adjacent to an activating group) is 1. The smallest absolute Gasteiger partial charge is 0.374 e. The number of anilines is 1. The van der Waals surface area contributed by atoms with Crippen LogP contribution in [0.4, 0.5) is 17.2 Å². The van der Waals surface area contributed by atoms with E-state index < -0.39 is 21.4 Å². The predicted molar refractivity (Wildman–Crippen MR) is 74.0 cm³/mol. The van der Waals surface area contributed by atoms with Crippen molar-refractivity contribution in [2.24, 2.45) is 0 Å². The molecule has 0 amide bonds. The van der Waals surface area contributed by atoms with E-state index in [-0.39, 0.29) is 29.5 Å². The molecule has 0 bridgehead atoms. The van der Waals surface area contributed by atoms with Crippen molar-refractivity contribution in [3.8, 4) is 0 Å². The summed E-state index contributed by atoms with van der Waals surface area (Å²) in [4.78, 5) is 26.1. The van der Waals surface area contributed by atoms with E-state index in [9.17, 15) is 20.2 Å². The van der Waals surface area contributed by atoms with Gasteiger partial charge in [0.15, 0.2) is 11.4 Å². The van der Waals surface area contributed by atoms with Gasteiger partial charge in [0.25, 0.3) is 0 Å². The molecule has 0 aliphatic rings. The molecule has 0 aliphatic carbocycles. The maximum Gasteiger partial charge on any atom is 0.374 e. The van der Waals surface area contributed by atoms with Gasteiger partial charge >= 0.3 is 11.5 Å². The van der Waals surface area contributed by atoms with Gasteiger partial charge in [0.05, 0.1) is 4.92 Å². The monoisotopic (exact) mass is 286 g/mol. The van der Waals surface area contributed by atoms with Gasteiger partial charge in [-0.25, -0.2) is 0 Å². The van der Waals surface area contributed by atoms with Crippen molar-refractivity contribution in [3.05, 3.63) is 31.5 Å². The van der Waals surface area contributed by atoms with Crippen LogP contribution in [0.2, 0.25) is 0 Å². The highest BCUT2D eigenvalue weighted by Crippen LogP contribution is 2.34. The first-order valence-corrected chi connectivity index (χ1v) is 5.48. The molecular weight excluding hydrogens is 268 g/mol. The van der Waals surface area contributed by atoms with Crippen LogP contribution in [0, 0.1) is 27.2 Å². The summed E-state index contributed by atoms with van der Waals surface area (Å²) >= 11 is 0. The van der Waals surface area contributed by atoms with Gasteiger partial charge < -0.3 is 26.9 Å².